The largest absolute Gasteiger partial charge is 0.462 e. The number of hydrogen-bond donors (Lipinski definition) is 8. The lowest BCUT2D eigenvalue weighted by molar-refractivity contribution is -0.139. The molecule has 0 unspecified atom stereocenters. The third-order valence-electron chi connectivity index (χ3n) is 11.6. The fourth-order valence-corrected chi connectivity index (χ4v) is 7.10. The van der Waals surface area contributed by atoms with E-state index in [1.54, 1.807) is 21.8 Å². The molecule has 3 aliphatic heterocycles. The number of aliphatic hydroxyl groups is 2. The first kappa shape index (κ1) is 69.1. The second-order valence-electron chi connectivity index (χ2n) is 18.7. The summed E-state index contributed by atoms with van der Waals surface area (Å²) in [5, 5.41) is 52.5. The average molecular weight is 1230 g/mol. The molecule has 0 atom stereocenters. The zero-order valence-electron chi connectivity index (χ0n) is 49.0. The zero-order valence-corrected chi connectivity index (χ0v) is 49.0. The predicted molar refractivity (Wildman–Crippen MR) is 323 cm³/mol. The number of aromatic nitrogens is 6. The average Bonchev–Trinajstić information content (AvgIpc) is 4.23. The van der Waals surface area contributed by atoms with Gasteiger partial charge in [-0.2, -0.15) is 0 Å². The minimum atomic E-state index is -0.601. The number of aliphatic imine (C=N–C) groups is 6. The van der Waals surface area contributed by atoms with Crippen molar-refractivity contribution in [1.29, 1.82) is 0 Å². The lowest BCUT2D eigenvalue weighted by Gasteiger charge is -2.08. The summed E-state index contributed by atoms with van der Waals surface area (Å²) in [6.07, 6.45) is 23.0. The molecule has 2 aromatic rings. The van der Waals surface area contributed by atoms with E-state index in [0.29, 0.717) is 128 Å². The van der Waals surface area contributed by atoms with Crippen molar-refractivity contribution in [3.8, 4) is 0 Å². The van der Waals surface area contributed by atoms with Crippen molar-refractivity contribution in [2.45, 2.75) is 51.6 Å². The van der Waals surface area contributed by atoms with Gasteiger partial charge in [0.1, 0.15) is 0 Å². The number of carbonyl (C=O) groups is 6. The van der Waals surface area contributed by atoms with Gasteiger partial charge in [-0.05, 0) is 0 Å². The first-order valence-electron chi connectivity index (χ1n) is 28.8. The molecular weight excluding hydrogens is 1150 g/mol. The summed E-state index contributed by atoms with van der Waals surface area (Å²) >= 11 is 0. The van der Waals surface area contributed by atoms with Gasteiger partial charge in [-0.1, -0.05) is 10.4 Å². The number of hydrogen-bond acceptors (Lipinski definition) is 30. The summed E-state index contributed by atoms with van der Waals surface area (Å²) in [4.78, 5) is 102. The van der Waals surface area contributed by atoms with Crippen LogP contribution in [0.4, 0.5) is 0 Å². The Morgan fingerprint density at radius 1 is 0.364 bits per heavy atom. The number of carbonyl (C=O) groups excluding carboxylic acids is 6. The van der Waals surface area contributed by atoms with Crippen LogP contribution in [0.15, 0.2) is 113 Å². The van der Waals surface area contributed by atoms with E-state index in [4.69, 9.17) is 38.6 Å². The van der Waals surface area contributed by atoms with E-state index in [1.165, 1.54) is 74.5 Å². The lowest BCUT2D eigenvalue weighted by atomic mass is 10.3. The molecule has 8 N–H and O–H groups in total. The van der Waals surface area contributed by atoms with E-state index in [2.05, 4.69) is 82.5 Å². The molecule has 0 fully saturated rings. The van der Waals surface area contributed by atoms with Gasteiger partial charge in [-0.3, -0.25) is 39.3 Å². The molecule has 32 nitrogen and oxygen atoms in total. The van der Waals surface area contributed by atoms with Crippen molar-refractivity contribution < 1.29 is 67.4 Å². The maximum absolute atomic E-state index is 13.1. The number of ether oxygens (including phenoxy) is 6. The standard InChI is InChI=1S/C56H78N18O14/c75-21-3-25-85-53(79)45-33-61-11-7-57-29-43(30-58-8-12-62-34-45)51(77)83-23-1-19-73-41-49(69-71-73)5-27-87-55(81)47-37-65-15-17-67-39-48(40-68-18-16-66-38-47)56(82)88-28-6-50-42-74(72-70-50)20-2-24-84-52(78)44-31-59-9-13-63-35-46(36-64-14-10-60-32-44)54(80)86-26-4-22-76/h29-42,57,59,62,64-65,68,75-76H,1-28H2/b43-29+,44-31+,45-34+,46-36+,47-37+,48-40+,58-30?,60-32?,61-33?,63-35?,66-38?,67-39?. The summed E-state index contributed by atoms with van der Waals surface area (Å²) < 4.78 is 35.5. The highest BCUT2D eigenvalue weighted by Gasteiger charge is 2.16. The van der Waals surface area contributed by atoms with Crippen LogP contribution >= 0.6 is 0 Å². The molecule has 0 aromatic carbocycles. The van der Waals surface area contributed by atoms with Crippen LogP contribution in [0.1, 0.15) is 37.1 Å². The maximum Gasteiger partial charge on any atom is 0.341 e. The highest BCUT2D eigenvalue weighted by Crippen LogP contribution is 2.06. The van der Waals surface area contributed by atoms with Gasteiger partial charge < -0.3 is 70.5 Å². The van der Waals surface area contributed by atoms with Crippen molar-refractivity contribution in [3.63, 3.8) is 0 Å². The summed E-state index contributed by atoms with van der Waals surface area (Å²) in [5.41, 5.74) is 2.46. The number of aryl methyl sites for hydroxylation is 2. The Balaban J connectivity index is 0.940. The van der Waals surface area contributed by atoms with Crippen LogP contribution in [0.5, 0.6) is 0 Å². The van der Waals surface area contributed by atoms with E-state index in [9.17, 15) is 28.8 Å². The van der Waals surface area contributed by atoms with Gasteiger partial charge in [0.05, 0.1) is 124 Å². The number of nitrogens with one attached hydrogen (secondary N) is 6. The minimum absolute atomic E-state index is 0.0230. The maximum atomic E-state index is 13.1. The van der Waals surface area contributed by atoms with Gasteiger partial charge in [-0.15, -0.1) is 10.2 Å². The van der Waals surface area contributed by atoms with E-state index < -0.39 is 35.8 Å². The second kappa shape index (κ2) is 43.0. The second-order valence-corrected chi connectivity index (χ2v) is 18.7. The monoisotopic (exact) mass is 1230 g/mol. The van der Waals surface area contributed by atoms with Gasteiger partial charge in [0.25, 0.3) is 0 Å². The number of nitrogens with zero attached hydrogens (tertiary/aromatic N) is 12. The number of rotatable bonds is 26. The van der Waals surface area contributed by atoms with Gasteiger partial charge in [-0.25, -0.2) is 28.8 Å². The third kappa shape index (κ3) is 28.9. The summed E-state index contributed by atoms with van der Waals surface area (Å²) in [7, 11) is 0. The predicted octanol–water partition coefficient (Wildman–Crippen LogP) is -2.23. The molecule has 0 bridgehead atoms. The topological polar surface area (TPSA) is 406 Å². The smallest absolute Gasteiger partial charge is 0.341 e. The molecular formula is C56H78N18O14. The third-order valence-corrected chi connectivity index (χ3v) is 11.6. The summed E-state index contributed by atoms with van der Waals surface area (Å²) in [5.74, 6) is -3.46. The molecule has 0 aliphatic carbocycles. The normalized spacial score (nSPS) is 19.2. The molecule has 2 aromatic heterocycles. The Bertz CT molecular complexity index is 2730. The minimum Gasteiger partial charge on any atom is -0.462 e. The first-order chi connectivity index (χ1) is 43.1. The Morgan fingerprint density at radius 2 is 0.602 bits per heavy atom. The van der Waals surface area contributed by atoms with E-state index >= 15 is 0 Å². The molecule has 0 saturated heterocycles. The fourth-order valence-electron chi connectivity index (χ4n) is 7.10. The Kier molecular flexibility index (Phi) is 33.7. The van der Waals surface area contributed by atoms with Gasteiger partial charge in [0, 0.05) is 191 Å². The Morgan fingerprint density at radius 3 is 0.852 bits per heavy atom. The molecule has 0 saturated carbocycles. The van der Waals surface area contributed by atoms with E-state index in [1.807, 2.05) is 0 Å². The van der Waals surface area contributed by atoms with Crippen LogP contribution in [-0.2, 0) is 83.1 Å². The van der Waals surface area contributed by atoms with Gasteiger partial charge in [0.15, 0.2) is 0 Å². The molecule has 88 heavy (non-hydrogen) atoms. The van der Waals surface area contributed by atoms with Crippen LogP contribution in [0, 0.1) is 0 Å². The van der Waals surface area contributed by atoms with Crippen LogP contribution < -0.4 is 31.9 Å². The highest BCUT2D eigenvalue weighted by molar-refractivity contribution is 6.12. The zero-order chi connectivity index (χ0) is 62.5. The van der Waals surface area contributed by atoms with Crippen LogP contribution in [0.2, 0.25) is 0 Å². The van der Waals surface area contributed by atoms with Crippen LogP contribution in [-0.4, -0.2) is 245 Å². The van der Waals surface area contributed by atoms with E-state index in [0.717, 1.165) is 0 Å². The van der Waals surface area contributed by atoms with E-state index in [-0.39, 0.29) is 99.4 Å². The quantitative estimate of drug-likeness (QED) is 0.0281. The molecule has 0 radical (unpaired) electrons. The first-order valence-corrected chi connectivity index (χ1v) is 28.8. The fraction of sp³-hybridized carbons (Fsp3) is 0.500. The molecule has 32 heteroatoms. The van der Waals surface area contributed by atoms with Crippen molar-refractivity contribution in [1.82, 2.24) is 61.9 Å². The van der Waals surface area contributed by atoms with Crippen molar-refractivity contribution in [2.75, 3.05) is 131 Å². The number of aliphatic hydroxyl groups excluding tert-OH is 2. The summed E-state index contributed by atoms with van der Waals surface area (Å²) in [6, 6.07) is 0. The van der Waals surface area contributed by atoms with Crippen molar-refractivity contribution in [2.24, 2.45) is 30.0 Å². The highest BCUT2D eigenvalue weighted by atomic mass is 16.6. The SMILES string of the molecule is O=C(OCCCO)/C1=C/NCCN=C/C(C(=O)OCCCn2cc(CCOC(=O)/C3=C/NCCN=C/C(C(=O)OCCc4cn(CCCOC(=O)/C5=C/NCCN=C/C(C(=O)OCCCO)=C\NCCN=C5)nn4)=C\NCCN=C3)nn2)=C\NCCN=C1. The lowest BCUT2D eigenvalue weighted by Crippen LogP contribution is -2.20. The molecule has 5 heterocycles. The molecule has 3 aliphatic rings. The number of esters is 6. The molecule has 0 amide bonds. The Labute approximate surface area is 508 Å². The Hall–Kier alpha value is -9.72. The van der Waals surface area contributed by atoms with Gasteiger partial charge >= 0.3 is 35.8 Å². The summed E-state index contributed by atoms with van der Waals surface area (Å²) in [6.45, 7) is 4.87. The van der Waals surface area contributed by atoms with Crippen molar-refractivity contribution in [3.05, 3.63) is 94.4 Å². The van der Waals surface area contributed by atoms with Gasteiger partial charge in [0.2, 0.25) is 0 Å². The van der Waals surface area contributed by atoms with Crippen LogP contribution in [0.3, 0.4) is 0 Å². The molecule has 476 valence electrons. The molecule has 0 spiro atoms. The molecule has 5 rings (SSSR count). The van der Waals surface area contributed by atoms with Crippen molar-refractivity contribution >= 4 is 73.1 Å². The van der Waals surface area contributed by atoms with Crippen LogP contribution in [0.25, 0.3) is 0 Å².